The third kappa shape index (κ3) is 3.04. The average molecular weight is 257 g/mol. The van der Waals surface area contributed by atoms with E-state index in [9.17, 15) is 0 Å². The molecule has 0 radical (unpaired) electrons. The van der Waals surface area contributed by atoms with E-state index in [1.54, 1.807) is 0 Å². The summed E-state index contributed by atoms with van der Waals surface area (Å²) in [6.45, 7) is 8.46. The van der Waals surface area contributed by atoms with Crippen molar-refractivity contribution < 1.29 is 0 Å². The smallest absolute Gasteiger partial charge is 0.0571 e. The highest BCUT2D eigenvalue weighted by atomic mass is 15.3. The fourth-order valence-electron chi connectivity index (χ4n) is 2.24. The molecule has 102 valence electrons. The molecule has 0 unspecified atom stereocenters. The van der Waals surface area contributed by atoms with Crippen molar-refractivity contribution in [1.82, 2.24) is 15.1 Å². The van der Waals surface area contributed by atoms with E-state index in [2.05, 4.69) is 49.4 Å². The van der Waals surface area contributed by atoms with Gasteiger partial charge in [0.25, 0.3) is 0 Å². The quantitative estimate of drug-likeness (QED) is 0.834. The first-order valence-corrected chi connectivity index (χ1v) is 6.92. The third-order valence-corrected chi connectivity index (χ3v) is 3.58. The van der Waals surface area contributed by atoms with Gasteiger partial charge in [0.05, 0.1) is 6.20 Å². The van der Waals surface area contributed by atoms with Gasteiger partial charge in [0.1, 0.15) is 0 Å². The fourth-order valence-corrected chi connectivity index (χ4v) is 2.24. The number of nitrogens with zero attached hydrogens (tertiary/aromatic N) is 2. The van der Waals surface area contributed by atoms with Gasteiger partial charge in [0.2, 0.25) is 0 Å². The topological polar surface area (TPSA) is 29.9 Å². The van der Waals surface area contributed by atoms with Gasteiger partial charge in [-0.25, -0.2) is 0 Å². The number of hydrogen-bond acceptors (Lipinski definition) is 2. The van der Waals surface area contributed by atoms with E-state index in [4.69, 9.17) is 0 Å². The molecule has 2 rings (SSSR count). The summed E-state index contributed by atoms with van der Waals surface area (Å²) in [6.07, 6.45) is 3.13. The van der Waals surface area contributed by atoms with Crippen molar-refractivity contribution >= 4 is 0 Å². The zero-order valence-electron chi connectivity index (χ0n) is 12.3. The van der Waals surface area contributed by atoms with Gasteiger partial charge in [0, 0.05) is 24.8 Å². The molecule has 0 fully saturated rings. The molecule has 1 heterocycles. The SMILES string of the molecule is CCCNCc1ccc(C)c(-c2cnn(C)c2C)c1. The van der Waals surface area contributed by atoms with Crippen LogP contribution in [0.4, 0.5) is 0 Å². The van der Waals surface area contributed by atoms with Crippen molar-refractivity contribution in [2.24, 2.45) is 7.05 Å². The molecule has 0 aliphatic carbocycles. The molecule has 0 aliphatic heterocycles. The number of aromatic nitrogens is 2. The second kappa shape index (κ2) is 6.02. The minimum absolute atomic E-state index is 0.931. The molecular weight excluding hydrogens is 234 g/mol. The first kappa shape index (κ1) is 13.8. The maximum Gasteiger partial charge on any atom is 0.0571 e. The van der Waals surface area contributed by atoms with Crippen molar-refractivity contribution in [3.63, 3.8) is 0 Å². The summed E-state index contributed by atoms with van der Waals surface area (Å²) >= 11 is 0. The van der Waals surface area contributed by atoms with Gasteiger partial charge in [-0.05, 0) is 49.6 Å². The monoisotopic (exact) mass is 257 g/mol. The number of benzene rings is 1. The Bertz CT molecular complexity index is 555. The fraction of sp³-hybridized carbons (Fsp3) is 0.438. The lowest BCUT2D eigenvalue weighted by atomic mass is 9.98. The van der Waals surface area contributed by atoms with Gasteiger partial charge in [-0.3, -0.25) is 4.68 Å². The Hall–Kier alpha value is -1.61. The molecule has 0 spiro atoms. The number of rotatable bonds is 5. The summed E-state index contributed by atoms with van der Waals surface area (Å²) in [6, 6.07) is 6.68. The van der Waals surface area contributed by atoms with Crippen LogP contribution in [0.3, 0.4) is 0 Å². The molecule has 0 aliphatic rings. The molecule has 3 heteroatoms. The van der Waals surface area contributed by atoms with E-state index in [0.29, 0.717) is 0 Å². The average Bonchev–Trinajstić information content (AvgIpc) is 2.73. The molecule has 0 amide bonds. The van der Waals surface area contributed by atoms with Gasteiger partial charge in [0.15, 0.2) is 0 Å². The molecule has 0 saturated heterocycles. The Kier molecular flexibility index (Phi) is 4.38. The number of hydrogen-bond donors (Lipinski definition) is 1. The van der Waals surface area contributed by atoms with E-state index >= 15 is 0 Å². The summed E-state index contributed by atoms with van der Waals surface area (Å²) in [5, 5.41) is 7.79. The van der Waals surface area contributed by atoms with Crippen LogP contribution in [0.25, 0.3) is 11.1 Å². The zero-order chi connectivity index (χ0) is 13.8. The van der Waals surface area contributed by atoms with E-state index in [1.807, 2.05) is 17.9 Å². The molecule has 19 heavy (non-hydrogen) atoms. The summed E-state index contributed by atoms with van der Waals surface area (Å²) in [5.41, 5.74) is 6.37. The van der Waals surface area contributed by atoms with Gasteiger partial charge < -0.3 is 5.32 Å². The highest BCUT2D eigenvalue weighted by Crippen LogP contribution is 2.27. The molecule has 1 aromatic carbocycles. The predicted octanol–water partition coefficient (Wildman–Crippen LogP) is 3.20. The Morgan fingerprint density at radius 2 is 2.00 bits per heavy atom. The van der Waals surface area contributed by atoms with Crippen LogP contribution < -0.4 is 5.32 Å². The van der Waals surface area contributed by atoms with Crippen LogP contribution in [0.5, 0.6) is 0 Å². The summed E-state index contributed by atoms with van der Waals surface area (Å²) in [7, 11) is 1.99. The lowest BCUT2D eigenvalue weighted by molar-refractivity contribution is 0.675. The van der Waals surface area contributed by atoms with Crippen LogP contribution in [0.15, 0.2) is 24.4 Å². The van der Waals surface area contributed by atoms with Crippen molar-refractivity contribution in [3.05, 3.63) is 41.2 Å². The zero-order valence-corrected chi connectivity index (χ0v) is 12.3. The number of nitrogens with one attached hydrogen (secondary N) is 1. The third-order valence-electron chi connectivity index (χ3n) is 3.58. The lowest BCUT2D eigenvalue weighted by Gasteiger charge is -2.09. The van der Waals surface area contributed by atoms with Crippen molar-refractivity contribution in [2.75, 3.05) is 6.54 Å². The molecule has 1 N–H and O–H groups in total. The summed E-state index contributed by atoms with van der Waals surface area (Å²) < 4.78 is 1.93. The van der Waals surface area contributed by atoms with Gasteiger partial charge in [-0.2, -0.15) is 5.10 Å². The first-order valence-electron chi connectivity index (χ1n) is 6.92. The van der Waals surface area contributed by atoms with Crippen LogP contribution in [0.2, 0.25) is 0 Å². The molecule has 0 saturated carbocycles. The van der Waals surface area contributed by atoms with Crippen molar-refractivity contribution in [3.8, 4) is 11.1 Å². The molecule has 0 bridgehead atoms. The summed E-state index contributed by atoms with van der Waals surface area (Å²) in [4.78, 5) is 0. The minimum atomic E-state index is 0.931. The summed E-state index contributed by atoms with van der Waals surface area (Å²) in [5.74, 6) is 0. The second-order valence-electron chi connectivity index (χ2n) is 5.09. The maximum absolute atomic E-state index is 4.34. The molecule has 3 nitrogen and oxygen atoms in total. The Labute approximate surface area is 115 Å². The van der Waals surface area contributed by atoms with Gasteiger partial charge in [-0.15, -0.1) is 0 Å². The van der Waals surface area contributed by atoms with Crippen molar-refractivity contribution in [1.29, 1.82) is 0 Å². The van der Waals surface area contributed by atoms with E-state index in [0.717, 1.165) is 13.1 Å². The largest absolute Gasteiger partial charge is 0.313 e. The highest BCUT2D eigenvalue weighted by Gasteiger charge is 2.09. The second-order valence-corrected chi connectivity index (χ2v) is 5.09. The molecular formula is C16H23N3. The first-order chi connectivity index (χ1) is 9.13. The number of aryl methyl sites for hydroxylation is 2. The van der Waals surface area contributed by atoms with E-state index < -0.39 is 0 Å². The van der Waals surface area contributed by atoms with Crippen LogP contribution in [0.1, 0.15) is 30.2 Å². The predicted molar refractivity (Wildman–Crippen MR) is 80.1 cm³/mol. The minimum Gasteiger partial charge on any atom is -0.313 e. The standard InChI is InChI=1S/C16H23N3/c1-5-8-17-10-14-7-6-12(2)15(9-14)16-11-18-19(4)13(16)3/h6-7,9,11,17H,5,8,10H2,1-4H3. The lowest BCUT2D eigenvalue weighted by Crippen LogP contribution is -2.13. The van der Waals surface area contributed by atoms with Gasteiger partial charge in [-0.1, -0.05) is 19.1 Å². The molecule has 0 atom stereocenters. The molecule has 2 aromatic rings. The van der Waals surface area contributed by atoms with Crippen LogP contribution in [-0.2, 0) is 13.6 Å². The van der Waals surface area contributed by atoms with Crippen LogP contribution in [-0.4, -0.2) is 16.3 Å². The molecule has 1 aromatic heterocycles. The van der Waals surface area contributed by atoms with E-state index in [1.165, 1.54) is 34.4 Å². The Morgan fingerprint density at radius 3 is 2.63 bits per heavy atom. The van der Waals surface area contributed by atoms with Gasteiger partial charge >= 0.3 is 0 Å². The highest BCUT2D eigenvalue weighted by molar-refractivity contribution is 5.69. The Morgan fingerprint density at radius 1 is 1.21 bits per heavy atom. The Balaban J connectivity index is 2.29. The normalized spacial score (nSPS) is 10.9. The van der Waals surface area contributed by atoms with Crippen LogP contribution >= 0.6 is 0 Å². The maximum atomic E-state index is 4.34. The van der Waals surface area contributed by atoms with Crippen LogP contribution in [0, 0.1) is 13.8 Å². The van der Waals surface area contributed by atoms with Crippen molar-refractivity contribution in [2.45, 2.75) is 33.7 Å². The van der Waals surface area contributed by atoms with E-state index in [-0.39, 0.29) is 0 Å².